The minimum absolute atomic E-state index is 0.0770. The van der Waals surface area contributed by atoms with Crippen LogP contribution in [0.15, 0.2) is 30.6 Å². The van der Waals surface area contributed by atoms with Crippen molar-refractivity contribution in [2.75, 3.05) is 19.8 Å². The van der Waals surface area contributed by atoms with Crippen LogP contribution in [0.3, 0.4) is 0 Å². The van der Waals surface area contributed by atoms with E-state index in [4.69, 9.17) is 14.2 Å². The van der Waals surface area contributed by atoms with Crippen LogP contribution >= 0.6 is 0 Å². The van der Waals surface area contributed by atoms with E-state index in [1.54, 1.807) is 0 Å². The molecular formula is C15H19N3O3. The van der Waals surface area contributed by atoms with Gasteiger partial charge < -0.3 is 14.2 Å². The van der Waals surface area contributed by atoms with Crippen LogP contribution < -0.4 is 4.74 Å². The molecule has 1 aliphatic rings. The summed E-state index contributed by atoms with van der Waals surface area (Å²) in [7, 11) is 0. The van der Waals surface area contributed by atoms with Gasteiger partial charge in [-0.15, -0.1) is 0 Å². The molecule has 6 nitrogen and oxygen atoms in total. The molecule has 1 saturated heterocycles. The molecule has 112 valence electrons. The van der Waals surface area contributed by atoms with E-state index in [1.807, 2.05) is 24.3 Å². The first-order valence-electron chi connectivity index (χ1n) is 7.24. The second-order valence-electron chi connectivity index (χ2n) is 4.85. The van der Waals surface area contributed by atoms with E-state index >= 15 is 0 Å². The van der Waals surface area contributed by atoms with Gasteiger partial charge in [-0.2, -0.15) is 5.10 Å². The Bertz CT molecular complexity index is 539. The lowest BCUT2D eigenvalue weighted by atomic mass is 10.2. The standard InChI is InChI=1S/C15H19N3O3/c1-2-6-13(12(5-1)15-16-11-17-18-15)19-9-10-21-14-7-3-4-8-20-14/h1-2,5-6,11,14H,3-4,7-10H2,(H,16,17,18)/t14-/m1/s1. The molecule has 1 aliphatic heterocycles. The van der Waals surface area contributed by atoms with Gasteiger partial charge in [0.2, 0.25) is 0 Å². The highest BCUT2D eigenvalue weighted by Gasteiger charge is 2.14. The smallest absolute Gasteiger partial charge is 0.159 e. The zero-order valence-electron chi connectivity index (χ0n) is 11.8. The summed E-state index contributed by atoms with van der Waals surface area (Å²) in [5, 5.41) is 6.71. The fourth-order valence-electron chi connectivity index (χ4n) is 2.30. The van der Waals surface area contributed by atoms with Gasteiger partial charge in [-0.1, -0.05) is 12.1 Å². The maximum Gasteiger partial charge on any atom is 0.159 e. The second kappa shape index (κ2) is 7.19. The lowest BCUT2D eigenvalue weighted by Gasteiger charge is -2.22. The van der Waals surface area contributed by atoms with Crippen molar-refractivity contribution in [3.05, 3.63) is 30.6 Å². The molecule has 2 aromatic rings. The Kier molecular flexibility index (Phi) is 4.81. The van der Waals surface area contributed by atoms with Gasteiger partial charge in [0.25, 0.3) is 0 Å². The topological polar surface area (TPSA) is 69.3 Å². The fraction of sp³-hybridized carbons (Fsp3) is 0.467. The third-order valence-corrected chi connectivity index (χ3v) is 3.34. The number of hydrogen-bond acceptors (Lipinski definition) is 5. The lowest BCUT2D eigenvalue weighted by molar-refractivity contribution is -0.165. The van der Waals surface area contributed by atoms with Crippen LogP contribution in [0.2, 0.25) is 0 Å². The highest BCUT2D eigenvalue weighted by Crippen LogP contribution is 2.26. The third-order valence-electron chi connectivity index (χ3n) is 3.34. The molecule has 0 unspecified atom stereocenters. The van der Waals surface area contributed by atoms with Gasteiger partial charge in [0.15, 0.2) is 12.1 Å². The predicted molar refractivity (Wildman–Crippen MR) is 76.9 cm³/mol. The third kappa shape index (κ3) is 3.80. The van der Waals surface area contributed by atoms with Crippen molar-refractivity contribution in [3.8, 4) is 17.1 Å². The van der Waals surface area contributed by atoms with E-state index < -0.39 is 0 Å². The maximum atomic E-state index is 5.78. The Morgan fingerprint density at radius 3 is 3.00 bits per heavy atom. The first-order chi connectivity index (χ1) is 10.4. The molecule has 0 aliphatic carbocycles. The number of ether oxygens (including phenoxy) is 3. The molecule has 21 heavy (non-hydrogen) atoms. The zero-order chi connectivity index (χ0) is 14.3. The van der Waals surface area contributed by atoms with Crippen molar-refractivity contribution in [1.82, 2.24) is 15.2 Å². The predicted octanol–water partition coefficient (Wildman–Crippen LogP) is 2.39. The Morgan fingerprint density at radius 2 is 2.19 bits per heavy atom. The SMILES string of the molecule is c1ccc(-c2ncn[nH]2)c(OCCO[C@@H]2CCCCO2)c1. The number of hydrogen-bond donors (Lipinski definition) is 1. The monoisotopic (exact) mass is 289 g/mol. The van der Waals surface area contributed by atoms with Gasteiger partial charge in [-0.3, -0.25) is 5.10 Å². The molecule has 3 rings (SSSR count). The average Bonchev–Trinajstić information content (AvgIpc) is 3.07. The van der Waals surface area contributed by atoms with E-state index in [1.165, 1.54) is 12.7 Å². The van der Waals surface area contributed by atoms with Crippen molar-refractivity contribution in [1.29, 1.82) is 0 Å². The van der Waals surface area contributed by atoms with Gasteiger partial charge in [-0.25, -0.2) is 4.98 Å². The Hall–Kier alpha value is -1.92. The normalized spacial score (nSPS) is 18.6. The van der Waals surface area contributed by atoms with Gasteiger partial charge in [0.05, 0.1) is 12.2 Å². The van der Waals surface area contributed by atoms with Crippen LogP contribution in [0.5, 0.6) is 5.75 Å². The zero-order valence-corrected chi connectivity index (χ0v) is 11.8. The molecule has 0 radical (unpaired) electrons. The number of aromatic nitrogens is 3. The van der Waals surface area contributed by atoms with Crippen LogP contribution in [0.1, 0.15) is 19.3 Å². The first kappa shape index (κ1) is 14.0. The van der Waals surface area contributed by atoms with E-state index in [2.05, 4.69) is 15.2 Å². The van der Waals surface area contributed by atoms with Crippen LogP contribution in [-0.2, 0) is 9.47 Å². The van der Waals surface area contributed by atoms with Crippen molar-refractivity contribution in [2.24, 2.45) is 0 Å². The summed E-state index contributed by atoms with van der Waals surface area (Å²) in [5.74, 6) is 1.46. The molecule has 1 atom stereocenters. The summed E-state index contributed by atoms with van der Waals surface area (Å²) < 4.78 is 16.9. The molecule has 1 aromatic carbocycles. The van der Waals surface area contributed by atoms with Crippen molar-refractivity contribution >= 4 is 0 Å². The Labute approximate surface area is 123 Å². The van der Waals surface area contributed by atoms with Crippen molar-refractivity contribution in [2.45, 2.75) is 25.6 Å². The van der Waals surface area contributed by atoms with Gasteiger partial charge in [0.1, 0.15) is 18.7 Å². The van der Waals surface area contributed by atoms with Gasteiger partial charge >= 0.3 is 0 Å². The van der Waals surface area contributed by atoms with E-state index in [9.17, 15) is 0 Å². The number of para-hydroxylation sites is 1. The molecule has 1 aromatic heterocycles. The maximum absolute atomic E-state index is 5.78. The van der Waals surface area contributed by atoms with E-state index in [-0.39, 0.29) is 6.29 Å². The number of rotatable bonds is 6. The van der Waals surface area contributed by atoms with Crippen LogP contribution in [-0.4, -0.2) is 41.3 Å². The quantitative estimate of drug-likeness (QED) is 0.827. The summed E-state index contributed by atoms with van der Waals surface area (Å²) in [6.45, 7) is 1.78. The highest BCUT2D eigenvalue weighted by molar-refractivity contribution is 5.63. The summed E-state index contributed by atoms with van der Waals surface area (Å²) >= 11 is 0. The van der Waals surface area contributed by atoms with Gasteiger partial charge in [0, 0.05) is 6.61 Å². The van der Waals surface area contributed by atoms with Crippen LogP contribution in [0.25, 0.3) is 11.4 Å². The fourth-order valence-corrected chi connectivity index (χ4v) is 2.30. The molecule has 2 heterocycles. The molecule has 0 amide bonds. The molecule has 1 N–H and O–H groups in total. The van der Waals surface area contributed by atoms with Crippen molar-refractivity contribution < 1.29 is 14.2 Å². The minimum Gasteiger partial charge on any atom is -0.490 e. The first-order valence-corrected chi connectivity index (χ1v) is 7.24. The molecule has 0 spiro atoms. The lowest BCUT2D eigenvalue weighted by Crippen LogP contribution is -2.24. The summed E-state index contributed by atoms with van der Waals surface area (Å²) in [6.07, 6.45) is 4.66. The summed E-state index contributed by atoms with van der Waals surface area (Å²) in [5.41, 5.74) is 0.893. The van der Waals surface area contributed by atoms with Crippen LogP contribution in [0.4, 0.5) is 0 Å². The molecular weight excluding hydrogens is 270 g/mol. The van der Waals surface area contributed by atoms with E-state index in [0.717, 1.165) is 30.8 Å². The Morgan fingerprint density at radius 1 is 1.24 bits per heavy atom. The Balaban J connectivity index is 1.51. The molecule has 1 fully saturated rings. The van der Waals surface area contributed by atoms with Crippen LogP contribution in [0, 0.1) is 0 Å². The van der Waals surface area contributed by atoms with Crippen molar-refractivity contribution in [3.63, 3.8) is 0 Å². The molecule has 0 bridgehead atoms. The average molecular weight is 289 g/mol. The van der Waals surface area contributed by atoms with E-state index in [0.29, 0.717) is 19.0 Å². The minimum atomic E-state index is -0.0770. The number of nitrogens with zero attached hydrogens (tertiary/aromatic N) is 2. The van der Waals surface area contributed by atoms with Gasteiger partial charge in [-0.05, 0) is 31.4 Å². The number of aromatic amines is 1. The number of nitrogens with one attached hydrogen (secondary N) is 1. The largest absolute Gasteiger partial charge is 0.490 e. The molecule has 0 saturated carbocycles. The second-order valence-corrected chi connectivity index (χ2v) is 4.85. The molecule has 6 heteroatoms. The summed E-state index contributed by atoms with van der Waals surface area (Å²) in [6, 6.07) is 7.73. The summed E-state index contributed by atoms with van der Waals surface area (Å²) in [4.78, 5) is 4.15. The number of H-pyrrole nitrogens is 1. The highest BCUT2D eigenvalue weighted by atomic mass is 16.7. The number of benzene rings is 1.